The molecule has 0 radical (unpaired) electrons. The number of imidazole rings is 1. The van der Waals surface area contributed by atoms with Crippen LogP contribution in [0.4, 0.5) is 19.1 Å². The molecule has 1 saturated heterocycles. The average Bonchev–Trinajstić information content (AvgIpc) is 3.25. The Morgan fingerprint density at radius 2 is 1.89 bits per heavy atom. The number of aromatic nitrogens is 3. The fourth-order valence-corrected chi connectivity index (χ4v) is 5.67. The first kappa shape index (κ1) is 25.8. The van der Waals surface area contributed by atoms with Crippen molar-refractivity contribution >= 4 is 33.5 Å². The number of nitrogens with one attached hydrogen (secondary N) is 1. The zero-order valence-electron chi connectivity index (χ0n) is 20.7. The van der Waals surface area contributed by atoms with Crippen molar-refractivity contribution < 1.29 is 22.1 Å². The van der Waals surface area contributed by atoms with Crippen LogP contribution in [0.5, 0.6) is 0 Å². The number of aryl methyl sites for hydroxylation is 1. The van der Waals surface area contributed by atoms with Crippen molar-refractivity contribution in [1.82, 2.24) is 19.1 Å². The third kappa shape index (κ3) is 5.17. The molecule has 35 heavy (non-hydrogen) atoms. The standard InChI is InChI=1S/C24H32F3N5O2S/c1-6-7-23(4,5)35(33)30-16(3)17-12-15(2)13-18-20(17)29-22(31-8-10-34-11-9-31)32-14-19(24(25,26)27)28-21(18)32/h12-14,16,30H,6-11H2,1-5H3/t16-,35?/m0/s1. The summed E-state index contributed by atoms with van der Waals surface area (Å²) < 4.78 is 63.7. The van der Waals surface area contributed by atoms with Crippen LogP contribution in [-0.4, -0.2) is 49.6 Å². The number of benzene rings is 1. The van der Waals surface area contributed by atoms with Crippen LogP contribution in [-0.2, 0) is 21.9 Å². The molecule has 0 amide bonds. The Balaban J connectivity index is 1.90. The molecule has 1 aromatic carbocycles. The molecule has 1 N–H and O–H groups in total. The van der Waals surface area contributed by atoms with Crippen molar-refractivity contribution in [3.05, 3.63) is 35.2 Å². The molecule has 1 aliphatic heterocycles. The zero-order valence-corrected chi connectivity index (χ0v) is 21.5. The van der Waals surface area contributed by atoms with Crippen LogP contribution in [0.15, 0.2) is 18.3 Å². The summed E-state index contributed by atoms with van der Waals surface area (Å²) >= 11 is 0. The van der Waals surface area contributed by atoms with Gasteiger partial charge in [0.15, 0.2) is 5.69 Å². The molecule has 2 aromatic heterocycles. The minimum absolute atomic E-state index is 0.202. The normalized spacial score (nSPS) is 17.3. The van der Waals surface area contributed by atoms with Gasteiger partial charge < -0.3 is 9.64 Å². The van der Waals surface area contributed by atoms with Gasteiger partial charge in [0.25, 0.3) is 0 Å². The molecule has 0 saturated carbocycles. The van der Waals surface area contributed by atoms with Crippen LogP contribution in [0.1, 0.15) is 63.4 Å². The third-order valence-corrected chi connectivity index (χ3v) is 8.12. The van der Waals surface area contributed by atoms with Crippen LogP contribution >= 0.6 is 0 Å². The molecule has 1 fully saturated rings. The Morgan fingerprint density at radius 1 is 1.20 bits per heavy atom. The molecule has 2 atom stereocenters. The number of nitrogens with zero attached hydrogens (tertiary/aromatic N) is 4. The van der Waals surface area contributed by atoms with E-state index in [1.165, 1.54) is 4.40 Å². The summed E-state index contributed by atoms with van der Waals surface area (Å²) in [4.78, 5) is 10.8. The van der Waals surface area contributed by atoms with E-state index in [1.54, 1.807) is 0 Å². The molecular formula is C24H32F3N5O2S. The van der Waals surface area contributed by atoms with Gasteiger partial charge in [-0.3, -0.25) is 4.40 Å². The van der Waals surface area contributed by atoms with Crippen LogP contribution in [0.25, 0.3) is 16.6 Å². The molecule has 0 aliphatic carbocycles. The summed E-state index contributed by atoms with van der Waals surface area (Å²) in [5.74, 6) is 0.392. The fourth-order valence-electron chi connectivity index (χ4n) is 4.51. The number of alkyl halides is 3. The second kappa shape index (κ2) is 9.67. The number of morpholine rings is 1. The highest BCUT2D eigenvalue weighted by atomic mass is 32.2. The molecule has 1 unspecified atom stereocenters. The Morgan fingerprint density at radius 3 is 2.51 bits per heavy atom. The lowest BCUT2D eigenvalue weighted by molar-refractivity contribution is -0.140. The number of ether oxygens (including phenoxy) is 1. The zero-order chi connectivity index (χ0) is 25.5. The molecule has 3 heterocycles. The second-order valence-electron chi connectivity index (χ2n) is 9.70. The van der Waals surface area contributed by atoms with Crippen molar-refractivity contribution in [1.29, 1.82) is 0 Å². The number of hydrogen-bond acceptors (Lipinski definition) is 5. The van der Waals surface area contributed by atoms with Gasteiger partial charge in [0, 0.05) is 30.7 Å². The topological polar surface area (TPSA) is 71.8 Å². The first-order valence-corrected chi connectivity index (χ1v) is 13.0. The molecule has 192 valence electrons. The summed E-state index contributed by atoms with van der Waals surface area (Å²) in [5.41, 5.74) is 1.42. The van der Waals surface area contributed by atoms with Crippen molar-refractivity contribution in [2.24, 2.45) is 0 Å². The van der Waals surface area contributed by atoms with Crippen molar-refractivity contribution in [3.8, 4) is 0 Å². The highest BCUT2D eigenvalue weighted by Gasteiger charge is 2.35. The minimum Gasteiger partial charge on any atom is -0.378 e. The van der Waals surface area contributed by atoms with Crippen molar-refractivity contribution in [2.75, 3.05) is 31.2 Å². The van der Waals surface area contributed by atoms with Gasteiger partial charge in [-0.05, 0) is 51.3 Å². The molecular weight excluding hydrogens is 479 g/mol. The number of fused-ring (bicyclic) bond motifs is 3. The van der Waals surface area contributed by atoms with Gasteiger partial charge in [-0.25, -0.2) is 18.9 Å². The van der Waals surface area contributed by atoms with Crippen LogP contribution in [0.2, 0.25) is 0 Å². The fraction of sp³-hybridized carbons (Fsp3) is 0.583. The monoisotopic (exact) mass is 511 g/mol. The quantitative estimate of drug-likeness (QED) is 0.487. The van der Waals surface area contributed by atoms with Gasteiger partial charge in [0.2, 0.25) is 5.95 Å². The van der Waals surface area contributed by atoms with Crippen LogP contribution < -0.4 is 9.62 Å². The Kier molecular flexibility index (Phi) is 7.14. The highest BCUT2D eigenvalue weighted by Crippen LogP contribution is 2.35. The van der Waals surface area contributed by atoms with E-state index < -0.39 is 27.6 Å². The van der Waals surface area contributed by atoms with E-state index in [9.17, 15) is 17.4 Å². The summed E-state index contributed by atoms with van der Waals surface area (Å²) in [5, 5.41) is 0.528. The number of rotatable bonds is 7. The Labute approximate surface area is 205 Å². The van der Waals surface area contributed by atoms with E-state index in [1.807, 2.05) is 44.7 Å². The largest absolute Gasteiger partial charge is 0.434 e. The number of halogens is 3. The maximum atomic E-state index is 13.6. The minimum atomic E-state index is -4.58. The molecule has 7 nitrogen and oxygen atoms in total. The molecule has 3 aromatic rings. The third-order valence-electron chi connectivity index (χ3n) is 6.35. The molecule has 1 aliphatic rings. The van der Waals surface area contributed by atoms with E-state index in [4.69, 9.17) is 9.72 Å². The molecule has 0 bridgehead atoms. The predicted octanol–water partition coefficient (Wildman–Crippen LogP) is 4.94. The van der Waals surface area contributed by atoms with Crippen LogP contribution in [0, 0.1) is 6.92 Å². The molecule has 0 spiro atoms. The smallest absolute Gasteiger partial charge is 0.378 e. The predicted molar refractivity (Wildman–Crippen MR) is 132 cm³/mol. The first-order valence-electron chi connectivity index (χ1n) is 11.8. The maximum Gasteiger partial charge on any atom is 0.434 e. The number of anilines is 1. The van der Waals surface area contributed by atoms with Gasteiger partial charge in [-0.2, -0.15) is 13.2 Å². The van der Waals surface area contributed by atoms with Gasteiger partial charge in [0.1, 0.15) is 5.65 Å². The molecule has 4 rings (SSSR count). The van der Waals surface area contributed by atoms with Crippen molar-refractivity contribution in [3.63, 3.8) is 0 Å². The lowest BCUT2D eigenvalue weighted by Gasteiger charge is -2.29. The lowest BCUT2D eigenvalue weighted by atomic mass is 10.0. The average molecular weight is 512 g/mol. The maximum absolute atomic E-state index is 13.6. The van der Waals surface area contributed by atoms with E-state index in [0.29, 0.717) is 43.2 Å². The summed E-state index contributed by atoms with van der Waals surface area (Å²) in [7, 11) is -1.33. The van der Waals surface area contributed by atoms with E-state index in [2.05, 4.69) is 16.6 Å². The summed E-state index contributed by atoms with van der Waals surface area (Å²) in [6, 6.07) is 3.41. The van der Waals surface area contributed by atoms with Gasteiger partial charge >= 0.3 is 6.18 Å². The Hall–Kier alpha value is -2.24. The summed E-state index contributed by atoms with van der Waals surface area (Å²) in [6.45, 7) is 11.7. The van der Waals surface area contributed by atoms with Gasteiger partial charge in [-0.1, -0.05) is 19.4 Å². The van der Waals surface area contributed by atoms with Gasteiger partial charge in [0.05, 0.1) is 34.5 Å². The Bertz CT molecular complexity index is 1250. The lowest BCUT2D eigenvalue weighted by Crippen LogP contribution is -2.38. The second-order valence-corrected chi connectivity index (χ2v) is 11.6. The van der Waals surface area contributed by atoms with Crippen molar-refractivity contribution in [2.45, 2.75) is 64.4 Å². The van der Waals surface area contributed by atoms with Gasteiger partial charge in [-0.15, -0.1) is 0 Å². The summed E-state index contributed by atoms with van der Waals surface area (Å²) in [6.07, 6.45) is -1.86. The molecule has 11 heteroatoms. The SMILES string of the molecule is CCCC(C)(C)S(=O)N[C@@H](C)c1cc(C)cc2c1nc(N1CCOCC1)n1cc(C(F)(F)F)nc21. The van der Waals surface area contributed by atoms with E-state index >= 15 is 0 Å². The van der Waals surface area contributed by atoms with E-state index in [0.717, 1.165) is 30.2 Å². The highest BCUT2D eigenvalue weighted by molar-refractivity contribution is 7.84. The van der Waals surface area contributed by atoms with Crippen LogP contribution in [0.3, 0.4) is 0 Å². The first-order chi connectivity index (χ1) is 16.4. The number of hydrogen-bond donors (Lipinski definition) is 1. The van der Waals surface area contributed by atoms with E-state index in [-0.39, 0.29) is 11.7 Å².